The molecule has 0 spiro atoms. The highest BCUT2D eigenvalue weighted by atomic mass is 19.1. The second-order valence-electron chi connectivity index (χ2n) is 4.11. The molecule has 1 aromatic rings. The molecule has 1 aliphatic rings. The molecule has 1 aromatic carbocycles. The Labute approximate surface area is 95.1 Å². The summed E-state index contributed by atoms with van der Waals surface area (Å²) in [6, 6.07) is 4.96. The molecule has 1 atom stereocenters. The van der Waals surface area contributed by atoms with Gasteiger partial charge >= 0.3 is 0 Å². The molecule has 86 valence electrons. The Bertz CT molecular complexity index is 369. The highest BCUT2D eigenvalue weighted by Crippen LogP contribution is 2.15. The van der Waals surface area contributed by atoms with Gasteiger partial charge in [0.15, 0.2) is 0 Å². The molecule has 0 amide bonds. The molecule has 0 radical (unpaired) electrons. The van der Waals surface area contributed by atoms with Crippen molar-refractivity contribution in [2.75, 3.05) is 11.9 Å². The van der Waals surface area contributed by atoms with E-state index in [-0.39, 0.29) is 11.9 Å². The molecule has 0 saturated heterocycles. The number of anilines is 1. The molecule has 1 aliphatic heterocycles. The van der Waals surface area contributed by atoms with Crippen molar-refractivity contribution in [2.24, 2.45) is 0 Å². The molecule has 0 saturated carbocycles. The van der Waals surface area contributed by atoms with Crippen LogP contribution in [0.25, 0.3) is 0 Å². The number of nitrogens with one attached hydrogen (secondary N) is 1. The Balaban J connectivity index is 1.91. The molecular formula is C13H16FNO. The van der Waals surface area contributed by atoms with E-state index < -0.39 is 0 Å². The fraction of sp³-hybridized carbons (Fsp3) is 0.385. The van der Waals surface area contributed by atoms with Crippen LogP contribution in [0.15, 0.2) is 30.5 Å². The van der Waals surface area contributed by atoms with E-state index in [9.17, 15) is 4.39 Å². The van der Waals surface area contributed by atoms with Crippen molar-refractivity contribution in [1.82, 2.24) is 0 Å². The molecule has 1 unspecified atom stereocenters. The fourth-order valence-electron chi connectivity index (χ4n) is 1.81. The lowest BCUT2D eigenvalue weighted by molar-refractivity contribution is 0.135. The van der Waals surface area contributed by atoms with E-state index in [0.29, 0.717) is 6.54 Å². The Kier molecular flexibility index (Phi) is 3.44. The van der Waals surface area contributed by atoms with E-state index in [1.165, 1.54) is 12.1 Å². The molecule has 2 rings (SSSR count). The molecule has 0 fully saturated rings. The van der Waals surface area contributed by atoms with Gasteiger partial charge in [0.25, 0.3) is 0 Å². The quantitative estimate of drug-likeness (QED) is 0.846. The number of ether oxygens (including phenoxy) is 1. The summed E-state index contributed by atoms with van der Waals surface area (Å²) in [5.41, 5.74) is 1.74. The Hall–Kier alpha value is -1.51. The first kappa shape index (κ1) is 11.0. The van der Waals surface area contributed by atoms with Crippen LogP contribution in [0, 0.1) is 12.7 Å². The van der Waals surface area contributed by atoms with Crippen LogP contribution < -0.4 is 5.32 Å². The molecular weight excluding hydrogens is 205 g/mol. The predicted octanol–water partition coefficient (Wildman–Crippen LogP) is 3.24. The Morgan fingerprint density at radius 1 is 1.44 bits per heavy atom. The van der Waals surface area contributed by atoms with Crippen LogP contribution in [0.2, 0.25) is 0 Å². The van der Waals surface area contributed by atoms with Gasteiger partial charge in [0.05, 0.1) is 12.8 Å². The second-order valence-corrected chi connectivity index (χ2v) is 4.11. The summed E-state index contributed by atoms with van der Waals surface area (Å²) in [7, 11) is 0. The molecule has 0 aromatic heterocycles. The van der Waals surface area contributed by atoms with Gasteiger partial charge in [-0.3, -0.25) is 0 Å². The lowest BCUT2D eigenvalue weighted by Crippen LogP contribution is -2.23. The fourth-order valence-corrected chi connectivity index (χ4v) is 1.81. The van der Waals surface area contributed by atoms with Gasteiger partial charge in [-0.15, -0.1) is 0 Å². The van der Waals surface area contributed by atoms with Crippen molar-refractivity contribution >= 4 is 5.69 Å². The summed E-state index contributed by atoms with van der Waals surface area (Å²) >= 11 is 0. The minimum Gasteiger partial charge on any atom is -0.497 e. The summed E-state index contributed by atoms with van der Waals surface area (Å²) in [4.78, 5) is 0. The van der Waals surface area contributed by atoms with Crippen LogP contribution in [0.4, 0.5) is 10.1 Å². The first-order valence-corrected chi connectivity index (χ1v) is 5.55. The summed E-state index contributed by atoms with van der Waals surface area (Å²) in [6.07, 6.45) is 6.01. The van der Waals surface area contributed by atoms with E-state index in [4.69, 9.17) is 4.74 Å². The van der Waals surface area contributed by atoms with Crippen molar-refractivity contribution in [2.45, 2.75) is 25.9 Å². The van der Waals surface area contributed by atoms with Crippen molar-refractivity contribution in [3.05, 3.63) is 41.9 Å². The van der Waals surface area contributed by atoms with Crippen molar-refractivity contribution < 1.29 is 9.13 Å². The summed E-state index contributed by atoms with van der Waals surface area (Å²) in [5.74, 6) is -0.202. The molecule has 1 heterocycles. The van der Waals surface area contributed by atoms with Gasteiger partial charge in [-0.25, -0.2) is 4.39 Å². The number of allylic oxidation sites excluding steroid dienone is 1. The normalized spacial score (nSPS) is 19.2. The van der Waals surface area contributed by atoms with Crippen LogP contribution >= 0.6 is 0 Å². The van der Waals surface area contributed by atoms with E-state index in [1.807, 2.05) is 19.1 Å². The third-order valence-corrected chi connectivity index (χ3v) is 2.60. The molecule has 3 heteroatoms. The number of hydrogen-bond acceptors (Lipinski definition) is 2. The van der Waals surface area contributed by atoms with Crippen molar-refractivity contribution in [1.29, 1.82) is 0 Å². The van der Waals surface area contributed by atoms with Gasteiger partial charge < -0.3 is 10.1 Å². The number of rotatable bonds is 3. The van der Waals surface area contributed by atoms with Crippen LogP contribution in [0.3, 0.4) is 0 Å². The number of benzene rings is 1. The zero-order valence-electron chi connectivity index (χ0n) is 9.37. The van der Waals surface area contributed by atoms with Gasteiger partial charge in [-0.05, 0) is 49.6 Å². The summed E-state index contributed by atoms with van der Waals surface area (Å²) in [6.45, 7) is 2.60. The van der Waals surface area contributed by atoms with Crippen LogP contribution in [-0.2, 0) is 4.74 Å². The third-order valence-electron chi connectivity index (χ3n) is 2.60. The first-order chi connectivity index (χ1) is 7.74. The van der Waals surface area contributed by atoms with Crippen LogP contribution in [-0.4, -0.2) is 12.6 Å². The molecule has 1 N–H and O–H groups in total. The van der Waals surface area contributed by atoms with E-state index >= 15 is 0 Å². The maximum absolute atomic E-state index is 13.1. The zero-order chi connectivity index (χ0) is 11.4. The summed E-state index contributed by atoms with van der Waals surface area (Å²) < 4.78 is 18.5. The first-order valence-electron chi connectivity index (χ1n) is 5.55. The van der Waals surface area contributed by atoms with E-state index in [0.717, 1.165) is 24.1 Å². The third kappa shape index (κ3) is 2.99. The SMILES string of the molecule is Cc1cc(F)cc(NCC2CCC=CO2)c1. The van der Waals surface area contributed by atoms with Gasteiger partial charge in [0.1, 0.15) is 11.9 Å². The number of aryl methyl sites for hydroxylation is 1. The topological polar surface area (TPSA) is 21.3 Å². The lowest BCUT2D eigenvalue weighted by atomic mass is 10.1. The monoisotopic (exact) mass is 221 g/mol. The van der Waals surface area contributed by atoms with Gasteiger partial charge in [0, 0.05) is 5.69 Å². The highest BCUT2D eigenvalue weighted by Gasteiger charge is 2.10. The molecule has 16 heavy (non-hydrogen) atoms. The van der Waals surface area contributed by atoms with E-state index in [1.54, 1.807) is 6.26 Å². The van der Waals surface area contributed by atoms with E-state index in [2.05, 4.69) is 5.32 Å². The van der Waals surface area contributed by atoms with Gasteiger partial charge in [-0.2, -0.15) is 0 Å². The second kappa shape index (κ2) is 5.01. The minimum atomic E-state index is -0.202. The smallest absolute Gasteiger partial charge is 0.125 e. The van der Waals surface area contributed by atoms with Crippen molar-refractivity contribution in [3.63, 3.8) is 0 Å². The minimum absolute atomic E-state index is 0.188. The molecule has 0 bridgehead atoms. The highest BCUT2D eigenvalue weighted by molar-refractivity contribution is 5.46. The Morgan fingerprint density at radius 3 is 3.00 bits per heavy atom. The standard InChI is InChI=1S/C13H16FNO/c1-10-6-11(14)8-12(7-10)15-9-13-4-2-3-5-16-13/h3,5-8,13,15H,2,4,9H2,1H3. The molecule has 2 nitrogen and oxygen atoms in total. The van der Waals surface area contributed by atoms with Gasteiger partial charge in [0.2, 0.25) is 0 Å². The average Bonchev–Trinajstić information content (AvgIpc) is 2.27. The number of halogens is 1. The zero-order valence-corrected chi connectivity index (χ0v) is 9.37. The maximum Gasteiger partial charge on any atom is 0.125 e. The van der Waals surface area contributed by atoms with Crippen molar-refractivity contribution in [3.8, 4) is 0 Å². The average molecular weight is 221 g/mol. The Morgan fingerprint density at radius 2 is 2.31 bits per heavy atom. The van der Waals surface area contributed by atoms with Crippen LogP contribution in [0.1, 0.15) is 18.4 Å². The van der Waals surface area contributed by atoms with Gasteiger partial charge in [-0.1, -0.05) is 0 Å². The largest absolute Gasteiger partial charge is 0.497 e. The molecule has 0 aliphatic carbocycles. The maximum atomic E-state index is 13.1. The lowest BCUT2D eigenvalue weighted by Gasteiger charge is -2.20. The number of hydrogen-bond donors (Lipinski definition) is 1. The summed E-state index contributed by atoms with van der Waals surface area (Å²) in [5, 5.41) is 3.20. The van der Waals surface area contributed by atoms with Crippen LogP contribution in [0.5, 0.6) is 0 Å². The predicted molar refractivity (Wildman–Crippen MR) is 62.9 cm³/mol.